The van der Waals surface area contributed by atoms with Gasteiger partial charge in [-0.05, 0) is 50.1 Å². The van der Waals surface area contributed by atoms with Gasteiger partial charge in [-0.15, -0.1) is 0 Å². The molecule has 0 unspecified atom stereocenters. The molecular weight excluding hydrogens is 252 g/mol. The Kier molecular flexibility index (Phi) is 2.93. The highest BCUT2D eigenvalue weighted by atomic mass is 16.5. The first-order valence-corrected chi connectivity index (χ1v) is 6.98. The molecule has 1 aliphatic heterocycles. The van der Waals surface area contributed by atoms with Crippen molar-refractivity contribution in [3.8, 4) is 5.75 Å². The molecule has 0 bridgehead atoms. The van der Waals surface area contributed by atoms with Crippen molar-refractivity contribution in [1.29, 1.82) is 0 Å². The van der Waals surface area contributed by atoms with Crippen LogP contribution in [0, 0.1) is 0 Å². The quantitative estimate of drug-likeness (QED) is 0.776. The van der Waals surface area contributed by atoms with E-state index in [-0.39, 0.29) is 11.2 Å². The van der Waals surface area contributed by atoms with Crippen LogP contribution >= 0.6 is 0 Å². The zero-order chi connectivity index (χ0) is 14.3. The van der Waals surface area contributed by atoms with E-state index in [9.17, 15) is 4.79 Å². The fraction of sp³-hybridized carbons (Fsp3) is 0.353. The van der Waals surface area contributed by atoms with E-state index in [2.05, 4.69) is 6.92 Å². The van der Waals surface area contributed by atoms with Gasteiger partial charge in [0.05, 0.1) is 5.56 Å². The molecule has 20 heavy (non-hydrogen) atoms. The molecule has 3 rings (SSSR count). The van der Waals surface area contributed by atoms with Gasteiger partial charge >= 0.3 is 5.63 Å². The molecule has 0 spiro atoms. The lowest BCUT2D eigenvalue weighted by molar-refractivity contribution is 0.159. The van der Waals surface area contributed by atoms with Crippen molar-refractivity contribution in [2.24, 2.45) is 0 Å². The van der Waals surface area contributed by atoms with E-state index in [1.165, 1.54) is 0 Å². The normalized spacial score (nSPS) is 15.9. The minimum Gasteiger partial charge on any atom is -0.483 e. The Morgan fingerprint density at radius 1 is 1.25 bits per heavy atom. The van der Waals surface area contributed by atoms with Crippen LogP contribution in [0.4, 0.5) is 0 Å². The van der Waals surface area contributed by atoms with Crippen LogP contribution in [-0.2, 0) is 6.42 Å². The molecule has 1 aliphatic rings. The van der Waals surface area contributed by atoms with Crippen LogP contribution < -0.4 is 10.4 Å². The minimum atomic E-state index is -0.331. The third-order valence-electron chi connectivity index (χ3n) is 3.54. The van der Waals surface area contributed by atoms with E-state index < -0.39 is 0 Å². The summed E-state index contributed by atoms with van der Waals surface area (Å²) in [7, 11) is 0. The van der Waals surface area contributed by atoms with Gasteiger partial charge in [0.1, 0.15) is 16.9 Å². The third kappa shape index (κ3) is 2.13. The lowest BCUT2D eigenvalue weighted by Gasteiger charge is -2.28. The van der Waals surface area contributed by atoms with E-state index in [0.717, 1.165) is 35.1 Å². The molecule has 1 aromatic carbocycles. The largest absolute Gasteiger partial charge is 0.483 e. The molecule has 104 valence electrons. The Morgan fingerprint density at radius 2 is 2.05 bits per heavy atom. The molecule has 0 saturated heterocycles. The van der Waals surface area contributed by atoms with E-state index in [4.69, 9.17) is 9.15 Å². The van der Waals surface area contributed by atoms with Gasteiger partial charge in [0.2, 0.25) is 0 Å². The van der Waals surface area contributed by atoms with Crippen molar-refractivity contribution >= 4 is 17.0 Å². The Morgan fingerprint density at radius 3 is 2.80 bits per heavy atom. The van der Waals surface area contributed by atoms with Crippen LogP contribution in [0.5, 0.6) is 5.75 Å². The maximum Gasteiger partial charge on any atom is 0.336 e. The zero-order valence-electron chi connectivity index (χ0n) is 12.0. The van der Waals surface area contributed by atoms with E-state index in [1.54, 1.807) is 6.07 Å². The molecule has 3 heteroatoms. The van der Waals surface area contributed by atoms with Gasteiger partial charge in [-0.3, -0.25) is 0 Å². The average molecular weight is 270 g/mol. The fourth-order valence-electron chi connectivity index (χ4n) is 2.62. The summed E-state index contributed by atoms with van der Waals surface area (Å²) in [5, 5.41) is 0.998. The monoisotopic (exact) mass is 270 g/mol. The lowest BCUT2D eigenvalue weighted by Crippen LogP contribution is -2.27. The van der Waals surface area contributed by atoms with Crippen molar-refractivity contribution in [1.82, 2.24) is 0 Å². The van der Waals surface area contributed by atoms with E-state index in [0.29, 0.717) is 5.58 Å². The molecule has 0 N–H and O–H groups in total. The average Bonchev–Trinajstić information content (AvgIpc) is 2.37. The summed E-state index contributed by atoms with van der Waals surface area (Å²) >= 11 is 0. The Bertz CT molecular complexity index is 751. The smallest absolute Gasteiger partial charge is 0.336 e. The SMILES string of the molecule is CCCc1cc(=O)oc2c3c(ccc12)OC(C)(C)C=C3. The van der Waals surface area contributed by atoms with E-state index in [1.807, 2.05) is 38.1 Å². The summed E-state index contributed by atoms with van der Waals surface area (Å²) in [6.45, 7) is 6.10. The zero-order valence-corrected chi connectivity index (χ0v) is 12.0. The highest BCUT2D eigenvalue weighted by Crippen LogP contribution is 2.36. The minimum absolute atomic E-state index is 0.299. The van der Waals surface area contributed by atoms with E-state index >= 15 is 0 Å². The topological polar surface area (TPSA) is 39.4 Å². The summed E-state index contributed by atoms with van der Waals surface area (Å²) in [6.07, 6.45) is 5.84. The molecular formula is C17H18O3. The molecule has 0 fully saturated rings. The Hall–Kier alpha value is -2.03. The van der Waals surface area contributed by atoms with Crippen LogP contribution in [0.1, 0.15) is 38.3 Å². The van der Waals surface area contributed by atoms with Gasteiger partial charge in [0.25, 0.3) is 0 Å². The van der Waals surface area contributed by atoms with Crippen LogP contribution in [0.2, 0.25) is 0 Å². The lowest BCUT2D eigenvalue weighted by atomic mass is 9.98. The number of fused-ring (bicyclic) bond motifs is 3. The summed E-state index contributed by atoms with van der Waals surface area (Å²) in [5.74, 6) is 0.766. The van der Waals surface area contributed by atoms with Crippen molar-refractivity contribution in [2.45, 2.75) is 39.2 Å². The molecule has 0 atom stereocenters. The van der Waals surface area contributed by atoms with Crippen LogP contribution in [0.25, 0.3) is 17.0 Å². The molecule has 0 aliphatic carbocycles. The first kappa shape index (κ1) is 13.0. The van der Waals surface area contributed by atoms with Crippen molar-refractivity contribution in [3.05, 3.63) is 45.8 Å². The van der Waals surface area contributed by atoms with Gasteiger partial charge < -0.3 is 9.15 Å². The molecule has 2 heterocycles. The summed E-state index contributed by atoms with van der Waals surface area (Å²) in [6, 6.07) is 5.54. The second-order valence-corrected chi connectivity index (χ2v) is 5.73. The molecule has 0 amide bonds. The van der Waals surface area contributed by atoms with Gasteiger partial charge in [-0.25, -0.2) is 4.79 Å². The number of ether oxygens (including phenoxy) is 1. The van der Waals surface area contributed by atoms with Crippen molar-refractivity contribution < 1.29 is 9.15 Å². The van der Waals surface area contributed by atoms with Crippen molar-refractivity contribution in [3.63, 3.8) is 0 Å². The van der Waals surface area contributed by atoms with Crippen molar-refractivity contribution in [2.75, 3.05) is 0 Å². The molecule has 2 aromatic rings. The summed E-state index contributed by atoms with van der Waals surface area (Å²) in [4.78, 5) is 11.8. The maximum absolute atomic E-state index is 11.8. The van der Waals surface area contributed by atoms with Crippen LogP contribution in [0.15, 0.2) is 33.5 Å². The Balaban J connectivity index is 2.29. The number of hydrogen-bond donors (Lipinski definition) is 0. The predicted octanol–water partition coefficient (Wildman–Crippen LogP) is 3.93. The first-order valence-electron chi connectivity index (χ1n) is 6.98. The summed E-state index contributed by atoms with van der Waals surface area (Å²) < 4.78 is 11.3. The second-order valence-electron chi connectivity index (χ2n) is 5.73. The highest BCUT2D eigenvalue weighted by molar-refractivity contribution is 5.91. The number of rotatable bonds is 2. The molecule has 3 nitrogen and oxygen atoms in total. The maximum atomic E-state index is 11.8. The van der Waals surface area contributed by atoms with Gasteiger partial charge in [-0.1, -0.05) is 13.3 Å². The van der Waals surface area contributed by atoms with Gasteiger partial charge in [0, 0.05) is 11.5 Å². The highest BCUT2D eigenvalue weighted by Gasteiger charge is 2.24. The van der Waals surface area contributed by atoms with Crippen LogP contribution in [0.3, 0.4) is 0 Å². The van der Waals surface area contributed by atoms with Gasteiger partial charge in [0.15, 0.2) is 0 Å². The first-order chi connectivity index (χ1) is 9.50. The summed E-state index contributed by atoms with van der Waals surface area (Å²) in [5.41, 5.74) is 1.90. The third-order valence-corrected chi connectivity index (χ3v) is 3.54. The number of hydrogen-bond acceptors (Lipinski definition) is 3. The number of benzene rings is 1. The van der Waals surface area contributed by atoms with Gasteiger partial charge in [-0.2, -0.15) is 0 Å². The Labute approximate surface area is 117 Å². The second kappa shape index (κ2) is 4.51. The fourth-order valence-corrected chi connectivity index (χ4v) is 2.62. The predicted molar refractivity (Wildman–Crippen MR) is 80.2 cm³/mol. The molecule has 1 aromatic heterocycles. The number of aryl methyl sites for hydroxylation is 1. The standard InChI is InChI=1S/C17H18O3/c1-4-5-11-10-15(18)19-16-12(11)6-7-14-13(16)8-9-17(2,3)20-14/h6-10H,4-5H2,1-3H3. The molecule has 0 radical (unpaired) electrons. The van der Waals surface area contributed by atoms with Crippen LogP contribution in [-0.4, -0.2) is 5.60 Å². The molecule has 0 saturated carbocycles.